The molecule has 1 aromatic carbocycles. The van der Waals surface area contributed by atoms with Gasteiger partial charge in [-0.2, -0.15) is 0 Å². The Morgan fingerprint density at radius 3 is 2.65 bits per heavy atom. The van der Waals surface area contributed by atoms with Crippen molar-refractivity contribution in [2.24, 2.45) is 0 Å². The Kier molecular flexibility index (Phi) is 4.36. The molecular formula is C13H15ClN2O2S2. The van der Waals surface area contributed by atoms with E-state index in [0.29, 0.717) is 10.7 Å². The molecule has 0 aliphatic rings. The highest BCUT2D eigenvalue weighted by Crippen LogP contribution is 2.29. The third-order valence-corrected chi connectivity index (χ3v) is 5.05. The molecule has 0 spiro atoms. The van der Waals surface area contributed by atoms with Crippen LogP contribution >= 0.6 is 22.9 Å². The number of rotatable bonds is 4. The number of thiazole rings is 1. The van der Waals surface area contributed by atoms with E-state index in [9.17, 15) is 8.42 Å². The molecule has 0 bridgehead atoms. The van der Waals surface area contributed by atoms with Crippen LogP contribution in [-0.2, 0) is 9.84 Å². The van der Waals surface area contributed by atoms with Crippen LogP contribution in [0, 0.1) is 6.92 Å². The summed E-state index contributed by atoms with van der Waals surface area (Å²) in [5, 5.41) is 6.65. The van der Waals surface area contributed by atoms with E-state index in [-0.39, 0.29) is 10.9 Å². The number of sulfone groups is 1. The fourth-order valence-electron chi connectivity index (χ4n) is 1.73. The number of nitrogens with one attached hydrogen (secondary N) is 1. The highest BCUT2D eigenvalue weighted by molar-refractivity contribution is 7.90. The lowest BCUT2D eigenvalue weighted by molar-refractivity contribution is 0.602. The maximum absolute atomic E-state index is 11.6. The molecule has 1 N–H and O–H groups in total. The van der Waals surface area contributed by atoms with Gasteiger partial charge < -0.3 is 5.32 Å². The largest absolute Gasteiger partial charge is 0.376 e. The van der Waals surface area contributed by atoms with Crippen LogP contribution in [0.5, 0.6) is 0 Å². The molecule has 7 heteroatoms. The van der Waals surface area contributed by atoms with Crippen LogP contribution in [0.15, 0.2) is 28.5 Å². The van der Waals surface area contributed by atoms with Crippen molar-refractivity contribution in [2.45, 2.75) is 24.8 Å². The molecule has 0 radical (unpaired) electrons. The average Bonchev–Trinajstić information content (AvgIpc) is 2.77. The molecule has 20 heavy (non-hydrogen) atoms. The van der Waals surface area contributed by atoms with Gasteiger partial charge in [-0.3, -0.25) is 0 Å². The lowest BCUT2D eigenvalue weighted by Crippen LogP contribution is -2.08. The Balaban J connectivity index is 2.29. The van der Waals surface area contributed by atoms with E-state index in [1.54, 1.807) is 23.5 Å². The first-order valence-electron chi connectivity index (χ1n) is 5.95. The first-order chi connectivity index (χ1) is 9.27. The van der Waals surface area contributed by atoms with Crippen molar-refractivity contribution in [3.63, 3.8) is 0 Å². The zero-order chi connectivity index (χ0) is 14.9. The third kappa shape index (κ3) is 3.50. The first kappa shape index (κ1) is 15.3. The van der Waals surface area contributed by atoms with Crippen molar-refractivity contribution in [1.29, 1.82) is 0 Å². The third-order valence-electron chi connectivity index (χ3n) is 2.82. The van der Waals surface area contributed by atoms with Gasteiger partial charge in [-0.15, -0.1) is 11.3 Å². The predicted octanol–water partition coefficient (Wildman–Crippen LogP) is 3.68. The summed E-state index contributed by atoms with van der Waals surface area (Å²) < 4.78 is 23.1. The summed E-state index contributed by atoms with van der Waals surface area (Å²) >= 11 is 7.68. The lowest BCUT2D eigenvalue weighted by Gasteiger charge is -2.15. The molecule has 0 aliphatic heterocycles. The normalized spacial score (nSPS) is 13.2. The van der Waals surface area contributed by atoms with Gasteiger partial charge in [-0.05, 0) is 32.0 Å². The van der Waals surface area contributed by atoms with E-state index in [1.165, 1.54) is 12.3 Å². The van der Waals surface area contributed by atoms with Gasteiger partial charge in [0.2, 0.25) is 0 Å². The Morgan fingerprint density at radius 2 is 2.10 bits per heavy atom. The van der Waals surface area contributed by atoms with Gasteiger partial charge >= 0.3 is 0 Å². The van der Waals surface area contributed by atoms with Crippen molar-refractivity contribution in [1.82, 2.24) is 4.98 Å². The van der Waals surface area contributed by atoms with Crippen LogP contribution in [0.25, 0.3) is 0 Å². The number of benzene rings is 1. The summed E-state index contributed by atoms with van der Waals surface area (Å²) in [4.78, 5) is 4.64. The van der Waals surface area contributed by atoms with Crippen molar-refractivity contribution in [2.75, 3.05) is 11.6 Å². The van der Waals surface area contributed by atoms with Crippen LogP contribution in [0.2, 0.25) is 5.02 Å². The number of nitrogens with zero attached hydrogens (tertiary/aromatic N) is 1. The Morgan fingerprint density at radius 1 is 1.40 bits per heavy atom. The Hall–Kier alpha value is -1.11. The topological polar surface area (TPSA) is 59.1 Å². The molecule has 1 heterocycles. The second kappa shape index (κ2) is 5.71. The van der Waals surface area contributed by atoms with Gasteiger partial charge in [0, 0.05) is 11.6 Å². The predicted molar refractivity (Wildman–Crippen MR) is 83.5 cm³/mol. The monoisotopic (exact) mass is 330 g/mol. The van der Waals surface area contributed by atoms with Crippen molar-refractivity contribution < 1.29 is 8.42 Å². The van der Waals surface area contributed by atoms with E-state index in [0.717, 1.165) is 10.7 Å². The molecule has 1 atom stereocenters. The summed E-state index contributed by atoms with van der Waals surface area (Å²) in [6.07, 6.45) is 1.17. The van der Waals surface area contributed by atoms with Crippen LogP contribution in [-0.4, -0.2) is 19.7 Å². The van der Waals surface area contributed by atoms with Crippen LogP contribution in [0.3, 0.4) is 0 Å². The van der Waals surface area contributed by atoms with E-state index >= 15 is 0 Å². The maximum atomic E-state index is 11.6. The van der Waals surface area contributed by atoms with E-state index in [4.69, 9.17) is 11.6 Å². The van der Waals surface area contributed by atoms with Crippen LogP contribution < -0.4 is 5.32 Å². The number of aromatic nitrogens is 1. The summed E-state index contributed by atoms with van der Waals surface area (Å²) in [5.74, 6) is 0. The van der Waals surface area contributed by atoms with Gasteiger partial charge in [0.05, 0.1) is 32.3 Å². The summed E-state index contributed by atoms with van der Waals surface area (Å²) in [6.45, 7) is 3.90. The van der Waals surface area contributed by atoms with Gasteiger partial charge in [0.15, 0.2) is 9.84 Å². The smallest absolute Gasteiger partial charge is 0.175 e. The van der Waals surface area contributed by atoms with Crippen LogP contribution in [0.1, 0.15) is 23.7 Å². The molecular weight excluding hydrogens is 316 g/mol. The van der Waals surface area contributed by atoms with E-state index < -0.39 is 9.84 Å². The molecule has 2 rings (SSSR count). The van der Waals surface area contributed by atoms with Gasteiger partial charge in [0.25, 0.3) is 0 Å². The summed E-state index contributed by atoms with van der Waals surface area (Å²) in [6, 6.07) is 4.58. The van der Waals surface area contributed by atoms with Gasteiger partial charge in [-0.1, -0.05) is 11.6 Å². The zero-order valence-electron chi connectivity index (χ0n) is 11.3. The maximum Gasteiger partial charge on any atom is 0.175 e. The molecule has 1 unspecified atom stereocenters. The molecule has 0 saturated carbocycles. The summed E-state index contributed by atoms with van der Waals surface area (Å²) in [7, 11) is -3.25. The zero-order valence-corrected chi connectivity index (χ0v) is 13.7. The lowest BCUT2D eigenvalue weighted by atomic mass is 10.2. The van der Waals surface area contributed by atoms with Crippen LogP contribution in [0.4, 0.5) is 5.69 Å². The molecule has 0 amide bonds. The Labute approximate surface area is 127 Å². The summed E-state index contributed by atoms with van der Waals surface area (Å²) in [5.41, 5.74) is 1.50. The molecule has 0 fully saturated rings. The number of hydrogen-bond acceptors (Lipinski definition) is 5. The number of aryl methyl sites for hydroxylation is 1. The average molecular weight is 331 g/mol. The molecule has 4 nitrogen and oxygen atoms in total. The highest BCUT2D eigenvalue weighted by atomic mass is 35.5. The first-order valence-corrected chi connectivity index (χ1v) is 9.10. The Bertz CT molecular complexity index is 726. The molecule has 0 saturated heterocycles. The minimum Gasteiger partial charge on any atom is -0.376 e. The van der Waals surface area contributed by atoms with E-state index in [1.807, 2.05) is 19.2 Å². The SMILES string of the molecule is Cc1nc(C(C)Nc2cc(S(C)(=O)=O)ccc2Cl)cs1. The number of halogens is 1. The minimum atomic E-state index is -3.25. The van der Waals surface area contributed by atoms with Gasteiger partial charge in [-0.25, -0.2) is 13.4 Å². The van der Waals surface area contributed by atoms with Crippen molar-refractivity contribution in [3.8, 4) is 0 Å². The standard InChI is InChI=1S/C13H15ClN2O2S2/c1-8(13-7-19-9(2)16-13)15-12-6-10(20(3,17)18)4-5-11(12)14/h4-8,15H,1-3H3. The van der Waals surface area contributed by atoms with Crippen molar-refractivity contribution >= 4 is 38.5 Å². The highest BCUT2D eigenvalue weighted by Gasteiger charge is 2.14. The number of anilines is 1. The van der Waals surface area contributed by atoms with Crippen molar-refractivity contribution in [3.05, 3.63) is 39.3 Å². The second-order valence-corrected chi connectivity index (χ2v) is 8.06. The fraction of sp³-hybridized carbons (Fsp3) is 0.308. The van der Waals surface area contributed by atoms with E-state index in [2.05, 4.69) is 10.3 Å². The fourth-order valence-corrected chi connectivity index (χ4v) is 3.26. The second-order valence-electron chi connectivity index (χ2n) is 4.57. The minimum absolute atomic E-state index is 0.0488. The number of hydrogen-bond donors (Lipinski definition) is 1. The molecule has 0 aliphatic carbocycles. The molecule has 1 aromatic heterocycles. The molecule has 108 valence electrons. The van der Waals surface area contributed by atoms with Gasteiger partial charge in [0.1, 0.15) is 0 Å². The quantitative estimate of drug-likeness (QED) is 0.929. The molecule has 2 aromatic rings.